The van der Waals surface area contributed by atoms with Crippen molar-refractivity contribution in [2.75, 3.05) is 39.8 Å². The molecule has 1 aromatic heterocycles. The van der Waals surface area contributed by atoms with Crippen LogP contribution < -0.4 is 5.32 Å². The van der Waals surface area contributed by atoms with Crippen molar-refractivity contribution in [3.05, 3.63) is 11.9 Å². The zero-order valence-corrected chi connectivity index (χ0v) is 14.2. The summed E-state index contributed by atoms with van der Waals surface area (Å²) in [5.41, 5.74) is 1.02. The Hall–Kier alpha value is -1.47. The van der Waals surface area contributed by atoms with E-state index >= 15 is 0 Å². The van der Waals surface area contributed by atoms with Gasteiger partial charge < -0.3 is 15.1 Å². The summed E-state index contributed by atoms with van der Waals surface area (Å²) in [7, 11) is 2.10. The van der Waals surface area contributed by atoms with Crippen LogP contribution in [0.15, 0.2) is 6.20 Å². The van der Waals surface area contributed by atoms with Crippen molar-refractivity contribution in [2.45, 2.75) is 38.8 Å². The van der Waals surface area contributed by atoms with Crippen molar-refractivity contribution in [2.24, 2.45) is 5.92 Å². The highest BCUT2D eigenvalue weighted by molar-refractivity contribution is 5.78. The molecule has 0 saturated carbocycles. The first kappa shape index (κ1) is 16.4. The van der Waals surface area contributed by atoms with E-state index in [1.54, 1.807) is 0 Å². The van der Waals surface area contributed by atoms with Crippen LogP contribution in [0.2, 0.25) is 0 Å². The molecule has 1 aromatic rings. The maximum absolute atomic E-state index is 11.8. The summed E-state index contributed by atoms with van der Waals surface area (Å²) in [6.07, 6.45) is 5.01. The second-order valence-corrected chi connectivity index (χ2v) is 6.87. The van der Waals surface area contributed by atoms with E-state index in [1.807, 2.05) is 16.5 Å². The molecule has 1 N–H and O–H groups in total. The Balaban J connectivity index is 1.49. The molecule has 2 saturated heterocycles. The maximum atomic E-state index is 11.8. The van der Waals surface area contributed by atoms with E-state index < -0.39 is 0 Å². The maximum Gasteiger partial charge on any atom is 0.222 e. The Kier molecular flexibility index (Phi) is 5.27. The van der Waals surface area contributed by atoms with E-state index in [4.69, 9.17) is 0 Å². The first-order valence-electron chi connectivity index (χ1n) is 8.73. The zero-order chi connectivity index (χ0) is 16.2. The number of carbonyl (C=O) groups is 1. The summed E-state index contributed by atoms with van der Waals surface area (Å²) in [6.45, 7) is 7.60. The minimum Gasteiger partial charge on any atom is -0.343 e. The van der Waals surface area contributed by atoms with Crippen LogP contribution >= 0.6 is 0 Å². The largest absolute Gasteiger partial charge is 0.343 e. The number of nitrogens with zero attached hydrogens (tertiary/aromatic N) is 5. The van der Waals surface area contributed by atoms with Gasteiger partial charge in [-0.25, -0.2) is 4.68 Å². The first-order chi connectivity index (χ1) is 11.2. The van der Waals surface area contributed by atoms with Crippen LogP contribution in [0.3, 0.4) is 0 Å². The molecule has 3 heterocycles. The van der Waals surface area contributed by atoms with Crippen molar-refractivity contribution in [3.8, 4) is 0 Å². The summed E-state index contributed by atoms with van der Waals surface area (Å²) in [5.74, 6) is 0.731. The molecule has 0 unspecified atom stereocenters. The van der Waals surface area contributed by atoms with Crippen LogP contribution in [0.4, 0.5) is 0 Å². The number of hydrogen-bond acceptors (Lipinski definition) is 5. The molecule has 2 fully saturated rings. The zero-order valence-electron chi connectivity index (χ0n) is 14.2. The number of piperidine rings is 1. The third kappa shape index (κ3) is 4.09. The van der Waals surface area contributed by atoms with E-state index in [9.17, 15) is 4.79 Å². The third-order valence-corrected chi connectivity index (χ3v) is 4.92. The summed E-state index contributed by atoms with van der Waals surface area (Å²) < 4.78 is 2.03. The van der Waals surface area contributed by atoms with Gasteiger partial charge in [-0.05, 0) is 45.8 Å². The molecule has 1 atom stereocenters. The molecule has 2 aliphatic heterocycles. The summed E-state index contributed by atoms with van der Waals surface area (Å²) in [5, 5.41) is 12.0. The summed E-state index contributed by atoms with van der Waals surface area (Å²) in [4.78, 5) is 16.0. The molecule has 128 valence electrons. The van der Waals surface area contributed by atoms with Gasteiger partial charge in [0.1, 0.15) is 0 Å². The highest BCUT2D eigenvalue weighted by atomic mass is 16.2. The second kappa shape index (κ2) is 7.40. The van der Waals surface area contributed by atoms with Gasteiger partial charge in [-0.15, -0.1) is 5.10 Å². The second-order valence-electron chi connectivity index (χ2n) is 6.87. The van der Waals surface area contributed by atoms with Gasteiger partial charge in [0.2, 0.25) is 5.91 Å². The van der Waals surface area contributed by atoms with E-state index in [-0.39, 0.29) is 0 Å². The smallest absolute Gasteiger partial charge is 0.222 e. The van der Waals surface area contributed by atoms with Gasteiger partial charge in [0.25, 0.3) is 0 Å². The Morgan fingerprint density at radius 1 is 1.39 bits per heavy atom. The normalized spacial score (nSPS) is 23.2. The van der Waals surface area contributed by atoms with Gasteiger partial charge in [0, 0.05) is 32.6 Å². The van der Waals surface area contributed by atoms with Crippen LogP contribution in [-0.4, -0.2) is 70.5 Å². The van der Waals surface area contributed by atoms with Crippen molar-refractivity contribution in [1.82, 2.24) is 30.1 Å². The number of carbonyl (C=O) groups excluding carboxylic acids is 1. The monoisotopic (exact) mass is 320 g/mol. The van der Waals surface area contributed by atoms with Gasteiger partial charge in [-0.3, -0.25) is 4.79 Å². The fourth-order valence-electron chi connectivity index (χ4n) is 3.70. The number of rotatable bonds is 6. The highest BCUT2D eigenvalue weighted by Gasteiger charge is 2.29. The lowest BCUT2D eigenvalue weighted by atomic mass is 10.1. The Morgan fingerprint density at radius 2 is 2.17 bits per heavy atom. The Labute approximate surface area is 138 Å². The fourth-order valence-corrected chi connectivity index (χ4v) is 3.70. The molecule has 1 amide bonds. The van der Waals surface area contributed by atoms with Crippen LogP contribution in [0.25, 0.3) is 0 Å². The number of nitrogens with one attached hydrogen (secondary N) is 1. The number of amides is 1. The fraction of sp³-hybridized carbons (Fsp3) is 0.812. The minimum atomic E-state index is 0.294. The molecule has 0 aliphatic carbocycles. The van der Waals surface area contributed by atoms with Gasteiger partial charge in [-0.2, -0.15) is 0 Å². The molecular weight excluding hydrogens is 292 g/mol. The van der Waals surface area contributed by atoms with Crippen molar-refractivity contribution in [3.63, 3.8) is 0 Å². The third-order valence-electron chi connectivity index (χ3n) is 4.92. The van der Waals surface area contributed by atoms with Crippen LogP contribution in [0, 0.1) is 5.92 Å². The topological polar surface area (TPSA) is 66.3 Å². The number of aromatic nitrogens is 3. The Bertz CT molecular complexity index is 524. The van der Waals surface area contributed by atoms with Gasteiger partial charge >= 0.3 is 0 Å². The van der Waals surface area contributed by atoms with Crippen LogP contribution in [0.1, 0.15) is 37.9 Å². The molecular formula is C16H28N6O. The minimum absolute atomic E-state index is 0.294. The van der Waals surface area contributed by atoms with Crippen molar-refractivity contribution >= 4 is 5.91 Å². The lowest BCUT2D eigenvalue weighted by Gasteiger charge is -2.22. The molecule has 0 spiro atoms. The lowest BCUT2D eigenvalue weighted by Crippen LogP contribution is -2.29. The van der Waals surface area contributed by atoms with Crippen LogP contribution in [0.5, 0.6) is 0 Å². The predicted octanol–water partition coefficient (Wildman–Crippen LogP) is 0.503. The first-order valence-corrected chi connectivity index (χ1v) is 8.73. The van der Waals surface area contributed by atoms with Crippen molar-refractivity contribution in [1.29, 1.82) is 0 Å². The Morgan fingerprint density at radius 3 is 2.87 bits per heavy atom. The molecule has 23 heavy (non-hydrogen) atoms. The molecule has 2 aliphatic rings. The lowest BCUT2D eigenvalue weighted by molar-refractivity contribution is -0.127. The molecule has 0 bridgehead atoms. The van der Waals surface area contributed by atoms with Gasteiger partial charge in [0.05, 0.1) is 17.9 Å². The molecule has 7 nitrogen and oxygen atoms in total. The van der Waals surface area contributed by atoms with Gasteiger partial charge in [0.15, 0.2) is 0 Å². The summed E-state index contributed by atoms with van der Waals surface area (Å²) >= 11 is 0. The molecule has 7 heteroatoms. The quantitative estimate of drug-likeness (QED) is 0.827. The average molecular weight is 320 g/mol. The average Bonchev–Trinajstić information content (AvgIpc) is 3.14. The molecule has 3 rings (SSSR count). The van der Waals surface area contributed by atoms with Gasteiger partial charge in [-0.1, -0.05) is 5.21 Å². The molecule has 0 radical (unpaired) electrons. The summed E-state index contributed by atoms with van der Waals surface area (Å²) in [6, 6.07) is 0.480. The van der Waals surface area contributed by atoms with Crippen molar-refractivity contribution < 1.29 is 4.79 Å². The van der Waals surface area contributed by atoms with Crippen LogP contribution in [-0.2, 0) is 11.3 Å². The van der Waals surface area contributed by atoms with E-state index in [2.05, 4.69) is 33.8 Å². The highest BCUT2D eigenvalue weighted by Crippen LogP contribution is 2.20. The van der Waals surface area contributed by atoms with E-state index in [0.717, 1.165) is 57.8 Å². The SMILES string of the molecule is CCN1C[C@H](CN(C)Cc2cn(C3CCNCC3)nn2)CC1=O. The standard InChI is InChI=1S/C16H28N6O/c1-3-21-10-13(8-16(21)23)9-20(2)11-14-12-22(19-18-14)15-4-6-17-7-5-15/h12-13,15,17H,3-11H2,1-2H3/t13-/m0/s1. The number of likely N-dealkylation sites (tertiary alicyclic amines) is 1. The van der Waals surface area contributed by atoms with E-state index in [1.165, 1.54) is 0 Å². The van der Waals surface area contributed by atoms with E-state index in [0.29, 0.717) is 24.3 Å². The predicted molar refractivity (Wildman–Crippen MR) is 87.9 cm³/mol. The molecule has 0 aromatic carbocycles. The number of hydrogen-bond donors (Lipinski definition) is 1.